The second kappa shape index (κ2) is 7.13. The van der Waals surface area contributed by atoms with Crippen molar-refractivity contribution >= 4 is 33.4 Å². The van der Waals surface area contributed by atoms with Crippen LogP contribution >= 0.6 is 15.9 Å². The highest BCUT2D eigenvalue weighted by atomic mass is 79.9. The molecule has 1 aliphatic rings. The van der Waals surface area contributed by atoms with E-state index in [1.165, 1.54) is 12.1 Å². The third-order valence-electron chi connectivity index (χ3n) is 4.05. The number of nitrogens with zero attached hydrogens (tertiary/aromatic N) is 1. The van der Waals surface area contributed by atoms with E-state index in [1.807, 2.05) is 24.3 Å². The Bertz CT molecular complexity index is 764. The van der Waals surface area contributed by atoms with Crippen LogP contribution in [0.4, 0.5) is 10.1 Å². The molecule has 1 fully saturated rings. The third kappa shape index (κ3) is 3.48. The van der Waals surface area contributed by atoms with Crippen LogP contribution in [-0.2, 0) is 16.1 Å². The van der Waals surface area contributed by atoms with Crippen LogP contribution in [0.3, 0.4) is 0 Å². The zero-order valence-corrected chi connectivity index (χ0v) is 14.4. The lowest BCUT2D eigenvalue weighted by Gasteiger charge is -2.18. The van der Waals surface area contributed by atoms with Crippen LogP contribution in [0.5, 0.6) is 0 Å². The number of rotatable bonds is 4. The summed E-state index contributed by atoms with van der Waals surface area (Å²) in [5.41, 5.74) is 1.56. The van der Waals surface area contributed by atoms with Crippen molar-refractivity contribution in [2.24, 2.45) is 5.92 Å². The average Bonchev–Trinajstić information content (AvgIpc) is 2.96. The van der Waals surface area contributed by atoms with Gasteiger partial charge in [0.2, 0.25) is 11.8 Å². The van der Waals surface area contributed by atoms with Crippen molar-refractivity contribution in [1.82, 2.24) is 5.32 Å². The number of para-hydroxylation sites is 1. The van der Waals surface area contributed by atoms with Crippen LogP contribution in [0.1, 0.15) is 12.0 Å². The summed E-state index contributed by atoms with van der Waals surface area (Å²) < 4.78 is 13.7. The zero-order valence-electron chi connectivity index (χ0n) is 12.8. The highest BCUT2D eigenvalue weighted by Gasteiger charge is 2.37. The molecule has 3 rings (SSSR count). The van der Waals surface area contributed by atoms with Gasteiger partial charge in [-0.05, 0) is 52.2 Å². The van der Waals surface area contributed by atoms with E-state index in [2.05, 4.69) is 21.2 Å². The Morgan fingerprint density at radius 2 is 1.92 bits per heavy atom. The van der Waals surface area contributed by atoms with Crippen molar-refractivity contribution in [2.75, 3.05) is 11.4 Å². The molecule has 1 heterocycles. The standard InChI is InChI=1S/C18H16BrFN2O2/c19-15-3-1-2-4-16(15)22-10-9-14(18(22)24)17(23)21-11-12-5-7-13(20)8-6-12/h1-8,14H,9-11H2,(H,21,23). The minimum absolute atomic E-state index is 0.196. The van der Waals surface area contributed by atoms with Crippen LogP contribution in [0.2, 0.25) is 0 Å². The first-order valence-corrected chi connectivity index (χ1v) is 8.43. The summed E-state index contributed by atoms with van der Waals surface area (Å²) in [7, 11) is 0. The Labute approximate surface area is 147 Å². The molecule has 0 radical (unpaired) electrons. The summed E-state index contributed by atoms with van der Waals surface area (Å²) in [5.74, 6) is -1.49. The molecule has 0 spiro atoms. The number of anilines is 1. The zero-order chi connectivity index (χ0) is 17.1. The fourth-order valence-electron chi connectivity index (χ4n) is 2.75. The van der Waals surface area contributed by atoms with Crippen molar-refractivity contribution in [2.45, 2.75) is 13.0 Å². The maximum atomic E-state index is 12.9. The molecule has 6 heteroatoms. The third-order valence-corrected chi connectivity index (χ3v) is 4.72. The molecule has 0 aromatic heterocycles. The Kier molecular flexibility index (Phi) is 4.94. The van der Waals surface area contributed by atoms with E-state index >= 15 is 0 Å². The molecule has 1 aliphatic heterocycles. The highest BCUT2D eigenvalue weighted by molar-refractivity contribution is 9.10. The molecule has 0 aliphatic carbocycles. The van der Waals surface area contributed by atoms with Crippen LogP contribution in [-0.4, -0.2) is 18.4 Å². The number of halogens is 2. The van der Waals surface area contributed by atoms with Gasteiger partial charge in [0.25, 0.3) is 0 Å². The maximum Gasteiger partial charge on any atom is 0.239 e. The lowest BCUT2D eigenvalue weighted by Crippen LogP contribution is -2.36. The molecular formula is C18H16BrFN2O2. The largest absolute Gasteiger partial charge is 0.351 e. The van der Waals surface area contributed by atoms with Crippen molar-refractivity contribution in [3.8, 4) is 0 Å². The van der Waals surface area contributed by atoms with Crippen LogP contribution in [0, 0.1) is 11.7 Å². The number of hydrogen-bond acceptors (Lipinski definition) is 2. The number of nitrogens with one attached hydrogen (secondary N) is 1. The van der Waals surface area contributed by atoms with E-state index in [0.29, 0.717) is 13.0 Å². The normalized spacial score (nSPS) is 17.2. The molecule has 0 saturated carbocycles. The first kappa shape index (κ1) is 16.6. The molecule has 1 atom stereocenters. The Balaban J connectivity index is 1.63. The van der Waals surface area contributed by atoms with Gasteiger partial charge in [0.15, 0.2) is 0 Å². The summed E-state index contributed by atoms with van der Waals surface area (Å²) >= 11 is 3.43. The smallest absolute Gasteiger partial charge is 0.239 e. The molecular weight excluding hydrogens is 375 g/mol. The Hall–Kier alpha value is -2.21. The van der Waals surface area contributed by atoms with Gasteiger partial charge in [-0.25, -0.2) is 4.39 Å². The van der Waals surface area contributed by atoms with Crippen molar-refractivity contribution in [1.29, 1.82) is 0 Å². The van der Waals surface area contributed by atoms with Gasteiger partial charge in [0.05, 0.1) is 5.69 Å². The quantitative estimate of drug-likeness (QED) is 0.814. The van der Waals surface area contributed by atoms with E-state index < -0.39 is 5.92 Å². The van der Waals surface area contributed by atoms with Gasteiger partial charge in [-0.15, -0.1) is 0 Å². The Morgan fingerprint density at radius 1 is 1.21 bits per heavy atom. The summed E-state index contributed by atoms with van der Waals surface area (Å²) in [4.78, 5) is 26.5. The van der Waals surface area contributed by atoms with E-state index in [-0.39, 0.29) is 24.2 Å². The minimum Gasteiger partial charge on any atom is -0.351 e. The van der Waals surface area contributed by atoms with Gasteiger partial charge >= 0.3 is 0 Å². The monoisotopic (exact) mass is 390 g/mol. The van der Waals surface area contributed by atoms with Crippen LogP contribution in [0.25, 0.3) is 0 Å². The van der Waals surface area contributed by atoms with Crippen molar-refractivity contribution in [3.05, 3.63) is 64.4 Å². The molecule has 1 N–H and O–H groups in total. The lowest BCUT2D eigenvalue weighted by atomic mass is 10.1. The molecule has 24 heavy (non-hydrogen) atoms. The predicted molar refractivity (Wildman–Crippen MR) is 92.8 cm³/mol. The Morgan fingerprint density at radius 3 is 2.62 bits per heavy atom. The molecule has 4 nitrogen and oxygen atoms in total. The molecule has 0 bridgehead atoms. The number of carbonyl (C=O) groups is 2. The summed E-state index contributed by atoms with van der Waals surface area (Å²) in [6.45, 7) is 0.786. The second-order valence-electron chi connectivity index (χ2n) is 5.63. The fraction of sp³-hybridized carbons (Fsp3) is 0.222. The summed E-state index contributed by atoms with van der Waals surface area (Å²) in [6, 6.07) is 13.4. The topological polar surface area (TPSA) is 49.4 Å². The number of benzene rings is 2. The predicted octanol–water partition coefficient (Wildman–Crippen LogP) is 3.26. The molecule has 2 aromatic carbocycles. The second-order valence-corrected chi connectivity index (χ2v) is 6.48. The maximum absolute atomic E-state index is 12.9. The van der Waals surface area contributed by atoms with Gasteiger partial charge in [-0.3, -0.25) is 9.59 Å². The number of carbonyl (C=O) groups excluding carboxylic acids is 2. The van der Waals surface area contributed by atoms with Gasteiger partial charge in [0.1, 0.15) is 11.7 Å². The molecule has 124 valence electrons. The number of hydrogen-bond donors (Lipinski definition) is 1. The van der Waals surface area contributed by atoms with Gasteiger partial charge in [0, 0.05) is 17.6 Å². The summed E-state index contributed by atoms with van der Waals surface area (Å²) in [6.07, 6.45) is 0.482. The molecule has 1 unspecified atom stereocenters. The average molecular weight is 391 g/mol. The minimum atomic E-state index is -0.683. The molecule has 2 aromatic rings. The van der Waals surface area contributed by atoms with Gasteiger partial charge < -0.3 is 10.2 Å². The lowest BCUT2D eigenvalue weighted by molar-refractivity contribution is -0.132. The van der Waals surface area contributed by atoms with E-state index in [9.17, 15) is 14.0 Å². The van der Waals surface area contributed by atoms with Crippen LogP contribution < -0.4 is 10.2 Å². The first-order valence-electron chi connectivity index (χ1n) is 7.64. The number of amides is 2. The SMILES string of the molecule is O=C(NCc1ccc(F)cc1)C1CCN(c2ccccc2Br)C1=O. The van der Waals surface area contributed by atoms with Crippen molar-refractivity contribution in [3.63, 3.8) is 0 Å². The van der Waals surface area contributed by atoms with E-state index in [1.54, 1.807) is 17.0 Å². The van der Waals surface area contributed by atoms with Crippen molar-refractivity contribution < 1.29 is 14.0 Å². The van der Waals surface area contributed by atoms with Crippen LogP contribution in [0.15, 0.2) is 53.0 Å². The first-order chi connectivity index (χ1) is 11.6. The highest BCUT2D eigenvalue weighted by Crippen LogP contribution is 2.31. The molecule has 1 saturated heterocycles. The van der Waals surface area contributed by atoms with Gasteiger partial charge in [-0.2, -0.15) is 0 Å². The van der Waals surface area contributed by atoms with E-state index in [0.717, 1.165) is 15.7 Å². The summed E-state index contributed by atoms with van der Waals surface area (Å²) in [5, 5.41) is 2.76. The fourth-order valence-corrected chi connectivity index (χ4v) is 3.25. The van der Waals surface area contributed by atoms with E-state index in [4.69, 9.17) is 0 Å². The van der Waals surface area contributed by atoms with Gasteiger partial charge in [-0.1, -0.05) is 24.3 Å². The molecule has 2 amide bonds.